The van der Waals surface area contributed by atoms with Crippen molar-refractivity contribution in [2.45, 2.75) is 57.3 Å². The summed E-state index contributed by atoms with van der Waals surface area (Å²) in [7, 11) is 0. The number of piperidine rings is 1. The van der Waals surface area contributed by atoms with Crippen LogP contribution >= 0.6 is 11.8 Å². The van der Waals surface area contributed by atoms with E-state index in [1.54, 1.807) is 6.92 Å². The number of carbonyl (C=O) groups excluding carboxylic acids is 1. The van der Waals surface area contributed by atoms with Crippen molar-refractivity contribution >= 4 is 29.6 Å². The van der Waals surface area contributed by atoms with Gasteiger partial charge in [0.25, 0.3) is 0 Å². The lowest BCUT2D eigenvalue weighted by molar-refractivity contribution is -0.114. The van der Waals surface area contributed by atoms with Crippen molar-refractivity contribution in [3.63, 3.8) is 0 Å². The van der Waals surface area contributed by atoms with Crippen LogP contribution in [0.25, 0.3) is 0 Å². The number of ether oxygens (including phenoxy) is 1. The SMILES string of the molecule is Cc1noc(NC(=O)CSc2nnc(N3CCC(C)CC3)n2CC2CCCO2)n1. The number of hydrogen-bond donors (Lipinski definition) is 1. The molecule has 10 nitrogen and oxygen atoms in total. The zero-order valence-electron chi connectivity index (χ0n) is 16.8. The van der Waals surface area contributed by atoms with E-state index in [0.717, 1.165) is 62.4 Å². The highest BCUT2D eigenvalue weighted by Gasteiger charge is 2.26. The number of rotatable bonds is 7. The largest absolute Gasteiger partial charge is 0.376 e. The fraction of sp³-hybridized carbons (Fsp3) is 0.722. The fourth-order valence-electron chi connectivity index (χ4n) is 3.62. The van der Waals surface area contributed by atoms with Crippen LogP contribution < -0.4 is 10.2 Å². The number of nitrogens with one attached hydrogen (secondary N) is 1. The van der Waals surface area contributed by atoms with E-state index in [2.05, 4.69) is 42.0 Å². The summed E-state index contributed by atoms with van der Waals surface area (Å²) in [6, 6.07) is 0.108. The smallest absolute Gasteiger partial charge is 0.328 e. The summed E-state index contributed by atoms with van der Waals surface area (Å²) in [4.78, 5) is 18.5. The molecule has 0 radical (unpaired) electrons. The maximum absolute atomic E-state index is 12.2. The standard InChI is InChI=1S/C18H27N7O3S/c1-12-5-7-24(8-6-12)17-21-22-18(25(17)10-14-4-3-9-27-14)29-11-15(26)20-16-19-13(2)23-28-16/h12,14H,3-11H2,1-2H3,(H,19,20,23,26). The van der Waals surface area contributed by atoms with Crippen molar-refractivity contribution in [2.75, 3.05) is 35.7 Å². The van der Waals surface area contributed by atoms with Crippen LogP contribution in [-0.2, 0) is 16.1 Å². The van der Waals surface area contributed by atoms with Crippen LogP contribution in [0, 0.1) is 12.8 Å². The van der Waals surface area contributed by atoms with Gasteiger partial charge in [-0.15, -0.1) is 10.2 Å². The van der Waals surface area contributed by atoms with Gasteiger partial charge in [0, 0.05) is 19.7 Å². The van der Waals surface area contributed by atoms with Gasteiger partial charge in [-0.3, -0.25) is 14.7 Å². The number of hydrogen-bond acceptors (Lipinski definition) is 9. The average molecular weight is 422 g/mol. The summed E-state index contributed by atoms with van der Waals surface area (Å²) in [5, 5.41) is 15.8. The van der Waals surface area contributed by atoms with Crippen LogP contribution in [0.3, 0.4) is 0 Å². The molecule has 1 unspecified atom stereocenters. The molecule has 1 N–H and O–H groups in total. The molecule has 2 aromatic heterocycles. The van der Waals surface area contributed by atoms with Gasteiger partial charge in [0.2, 0.25) is 11.9 Å². The molecule has 11 heteroatoms. The molecule has 0 aliphatic carbocycles. The summed E-state index contributed by atoms with van der Waals surface area (Å²) in [5.41, 5.74) is 0. The molecule has 0 spiro atoms. The summed E-state index contributed by atoms with van der Waals surface area (Å²) in [6.07, 6.45) is 4.60. The normalized spacial score (nSPS) is 20.3. The Labute approximate surface area is 173 Å². The van der Waals surface area contributed by atoms with Crippen molar-refractivity contribution < 1.29 is 14.1 Å². The van der Waals surface area contributed by atoms with E-state index in [-0.39, 0.29) is 23.8 Å². The summed E-state index contributed by atoms with van der Waals surface area (Å²) in [6.45, 7) is 7.46. The number of anilines is 2. The average Bonchev–Trinajstić information content (AvgIpc) is 3.44. The van der Waals surface area contributed by atoms with Crippen molar-refractivity contribution in [1.29, 1.82) is 0 Å². The summed E-state index contributed by atoms with van der Waals surface area (Å²) in [5.74, 6) is 2.06. The zero-order chi connectivity index (χ0) is 20.2. The molecule has 2 aliphatic rings. The third-order valence-electron chi connectivity index (χ3n) is 5.28. The molecule has 0 bridgehead atoms. The third-order valence-corrected chi connectivity index (χ3v) is 6.25. The van der Waals surface area contributed by atoms with Gasteiger partial charge < -0.3 is 14.2 Å². The van der Waals surface area contributed by atoms with Crippen LogP contribution in [0.5, 0.6) is 0 Å². The van der Waals surface area contributed by atoms with Gasteiger partial charge in [-0.2, -0.15) is 4.98 Å². The van der Waals surface area contributed by atoms with Crippen LogP contribution in [0.2, 0.25) is 0 Å². The number of thioether (sulfide) groups is 1. The first-order valence-electron chi connectivity index (χ1n) is 10.1. The predicted octanol–water partition coefficient (Wildman–Crippen LogP) is 2.12. The minimum Gasteiger partial charge on any atom is -0.376 e. The number of carbonyl (C=O) groups is 1. The Morgan fingerprint density at radius 1 is 1.28 bits per heavy atom. The zero-order valence-corrected chi connectivity index (χ0v) is 17.7. The maximum Gasteiger partial charge on any atom is 0.328 e. The van der Waals surface area contributed by atoms with E-state index in [4.69, 9.17) is 9.26 Å². The van der Waals surface area contributed by atoms with E-state index in [9.17, 15) is 4.79 Å². The highest BCUT2D eigenvalue weighted by molar-refractivity contribution is 7.99. The highest BCUT2D eigenvalue weighted by Crippen LogP contribution is 2.28. The van der Waals surface area contributed by atoms with Gasteiger partial charge >= 0.3 is 6.01 Å². The Kier molecular flexibility index (Phi) is 6.34. The summed E-state index contributed by atoms with van der Waals surface area (Å²) < 4.78 is 12.9. The molecule has 29 heavy (non-hydrogen) atoms. The summed E-state index contributed by atoms with van der Waals surface area (Å²) >= 11 is 1.36. The van der Waals surface area contributed by atoms with E-state index < -0.39 is 0 Å². The number of nitrogens with zero attached hydrogens (tertiary/aromatic N) is 6. The first kappa shape index (κ1) is 20.1. The Morgan fingerprint density at radius 3 is 2.79 bits per heavy atom. The first-order chi connectivity index (χ1) is 14.1. The van der Waals surface area contributed by atoms with Gasteiger partial charge in [-0.1, -0.05) is 23.8 Å². The third kappa shape index (κ3) is 5.08. The monoisotopic (exact) mass is 421 g/mol. The molecule has 2 fully saturated rings. The van der Waals surface area contributed by atoms with Crippen molar-refractivity contribution in [3.05, 3.63) is 5.82 Å². The van der Waals surface area contributed by atoms with E-state index >= 15 is 0 Å². The number of aryl methyl sites for hydroxylation is 1. The van der Waals surface area contributed by atoms with Gasteiger partial charge in [0.15, 0.2) is 11.0 Å². The van der Waals surface area contributed by atoms with Gasteiger partial charge in [0.1, 0.15) is 0 Å². The first-order valence-corrected chi connectivity index (χ1v) is 11.1. The van der Waals surface area contributed by atoms with E-state index in [1.807, 2.05) is 0 Å². The molecule has 1 atom stereocenters. The Bertz CT molecular complexity index is 825. The minimum absolute atomic E-state index is 0.108. The van der Waals surface area contributed by atoms with Crippen LogP contribution in [0.1, 0.15) is 38.4 Å². The molecule has 4 rings (SSSR count). The van der Waals surface area contributed by atoms with Crippen LogP contribution in [0.15, 0.2) is 9.68 Å². The second-order valence-corrected chi connectivity index (χ2v) is 8.62. The van der Waals surface area contributed by atoms with Gasteiger partial charge in [0.05, 0.1) is 18.4 Å². The molecular weight excluding hydrogens is 394 g/mol. The van der Waals surface area contributed by atoms with E-state index in [0.29, 0.717) is 12.4 Å². The quantitative estimate of drug-likeness (QED) is 0.672. The van der Waals surface area contributed by atoms with Gasteiger partial charge in [-0.05, 0) is 38.5 Å². The topological polar surface area (TPSA) is 111 Å². The van der Waals surface area contributed by atoms with E-state index in [1.165, 1.54) is 11.8 Å². The second-order valence-electron chi connectivity index (χ2n) is 7.68. The highest BCUT2D eigenvalue weighted by atomic mass is 32.2. The van der Waals surface area contributed by atoms with Gasteiger partial charge in [-0.25, -0.2) is 0 Å². The minimum atomic E-state index is -0.223. The molecular formula is C18H27N7O3S. The van der Waals surface area contributed by atoms with Crippen molar-refractivity contribution in [2.24, 2.45) is 5.92 Å². The molecule has 2 saturated heterocycles. The van der Waals surface area contributed by atoms with Crippen molar-refractivity contribution in [1.82, 2.24) is 24.9 Å². The fourth-order valence-corrected chi connectivity index (χ4v) is 4.36. The predicted molar refractivity (Wildman–Crippen MR) is 108 cm³/mol. The van der Waals surface area contributed by atoms with Crippen molar-refractivity contribution in [3.8, 4) is 0 Å². The molecule has 4 heterocycles. The lowest BCUT2D eigenvalue weighted by atomic mass is 10.00. The second kappa shape index (κ2) is 9.12. The molecule has 0 saturated carbocycles. The molecule has 2 aromatic rings. The maximum atomic E-state index is 12.2. The molecule has 2 aliphatic heterocycles. The Morgan fingerprint density at radius 2 is 2.10 bits per heavy atom. The number of aromatic nitrogens is 5. The molecule has 158 valence electrons. The molecule has 1 amide bonds. The lowest BCUT2D eigenvalue weighted by Crippen LogP contribution is -2.35. The molecule has 0 aromatic carbocycles. The van der Waals surface area contributed by atoms with Crippen LogP contribution in [-0.4, -0.2) is 62.4 Å². The Hall–Kier alpha value is -2.14. The Balaban J connectivity index is 1.44. The lowest BCUT2D eigenvalue weighted by Gasteiger charge is -2.31. The number of amides is 1. The van der Waals surface area contributed by atoms with Crippen LogP contribution in [0.4, 0.5) is 12.0 Å².